The van der Waals surface area contributed by atoms with Gasteiger partial charge in [-0.3, -0.25) is 9.69 Å². The van der Waals surface area contributed by atoms with Gasteiger partial charge in [-0.05, 0) is 45.4 Å². The molecule has 0 aromatic carbocycles. The molecule has 2 nitrogen and oxygen atoms in total. The van der Waals surface area contributed by atoms with Crippen molar-refractivity contribution in [1.29, 1.82) is 0 Å². The van der Waals surface area contributed by atoms with E-state index < -0.39 is 0 Å². The summed E-state index contributed by atoms with van der Waals surface area (Å²) in [5.74, 6) is 0.216. The molecule has 1 unspecified atom stereocenters. The third-order valence-electron chi connectivity index (χ3n) is 2.88. The Labute approximate surface area is 112 Å². The van der Waals surface area contributed by atoms with E-state index in [4.69, 9.17) is 0 Å². The summed E-state index contributed by atoms with van der Waals surface area (Å²) in [7, 11) is 0. The lowest BCUT2D eigenvalue weighted by Crippen LogP contribution is -2.39. The molecule has 1 aliphatic rings. The molecular weight excluding hydrogens is 222 g/mol. The maximum atomic E-state index is 11.8. The number of likely N-dealkylation sites (tertiary alicyclic amines) is 1. The van der Waals surface area contributed by atoms with E-state index in [9.17, 15) is 4.79 Å². The maximum Gasteiger partial charge on any atom is 0.151 e. The molecule has 0 aromatic rings. The lowest BCUT2D eigenvalue weighted by molar-refractivity contribution is -0.120. The first-order valence-electron chi connectivity index (χ1n) is 6.90. The van der Waals surface area contributed by atoms with Crippen molar-refractivity contribution >= 4 is 5.78 Å². The zero-order chi connectivity index (χ0) is 14.0. The van der Waals surface area contributed by atoms with E-state index in [0.29, 0.717) is 0 Å². The smallest absolute Gasteiger partial charge is 0.151 e. The Morgan fingerprint density at radius 3 is 2.22 bits per heavy atom. The Hall–Kier alpha value is -1.15. The zero-order valence-corrected chi connectivity index (χ0v) is 12.3. The minimum Gasteiger partial charge on any atom is -0.298 e. The number of hydrogen-bond donors (Lipinski definition) is 0. The first-order valence-corrected chi connectivity index (χ1v) is 6.90. The third kappa shape index (κ3) is 5.01. The summed E-state index contributed by atoms with van der Waals surface area (Å²) in [6.07, 6.45) is 10.1. The second-order valence-corrected chi connectivity index (χ2v) is 4.16. The number of allylic oxidation sites excluding steroid dienone is 3. The molecule has 0 saturated carbocycles. The van der Waals surface area contributed by atoms with Crippen molar-refractivity contribution in [2.24, 2.45) is 0 Å². The Kier molecular flexibility index (Phi) is 9.21. The van der Waals surface area contributed by atoms with Crippen molar-refractivity contribution in [2.45, 2.75) is 46.6 Å². The number of carbonyl (C=O) groups is 1. The van der Waals surface area contributed by atoms with Gasteiger partial charge in [-0.2, -0.15) is 0 Å². The number of hydrogen-bond acceptors (Lipinski definition) is 2. The molecule has 0 radical (unpaired) electrons. The first kappa shape index (κ1) is 16.9. The summed E-state index contributed by atoms with van der Waals surface area (Å²) in [4.78, 5) is 14.0. The van der Waals surface area contributed by atoms with Crippen molar-refractivity contribution in [3.63, 3.8) is 0 Å². The van der Waals surface area contributed by atoms with Crippen molar-refractivity contribution in [2.75, 3.05) is 13.1 Å². The van der Waals surface area contributed by atoms with Crippen molar-refractivity contribution in [3.8, 4) is 0 Å². The summed E-state index contributed by atoms with van der Waals surface area (Å²) in [5, 5.41) is 0. The van der Waals surface area contributed by atoms with Crippen LogP contribution in [0.2, 0.25) is 0 Å². The second kappa shape index (κ2) is 9.84. The Balaban J connectivity index is 0.00000137. The van der Waals surface area contributed by atoms with Crippen molar-refractivity contribution in [1.82, 2.24) is 4.90 Å². The van der Waals surface area contributed by atoms with Crippen LogP contribution < -0.4 is 0 Å². The van der Waals surface area contributed by atoms with Gasteiger partial charge in [0.2, 0.25) is 0 Å². The second-order valence-electron chi connectivity index (χ2n) is 4.16. The van der Waals surface area contributed by atoms with Crippen LogP contribution in [0.3, 0.4) is 0 Å². The van der Waals surface area contributed by atoms with Gasteiger partial charge in [-0.25, -0.2) is 0 Å². The minimum atomic E-state index is -0.0864. The summed E-state index contributed by atoms with van der Waals surface area (Å²) in [5.41, 5.74) is 1.05. The normalized spacial score (nSPS) is 18.3. The van der Waals surface area contributed by atoms with Crippen LogP contribution in [0.4, 0.5) is 0 Å². The fourth-order valence-electron chi connectivity index (χ4n) is 2.27. The maximum absolute atomic E-state index is 11.8. The van der Waals surface area contributed by atoms with Gasteiger partial charge in [0.25, 0.3) is 0 Å². The van der Waals surface area contributed by atoms with Crippen LogP contribution in [0, 0.1) is 0 Å². The van der Waals surface area contributed by atoms with E-state index >= 15 is 0 Å². The zero-order valence-electron chi connectivity index (χ0n) is 12.3. The number of carbonyl (C=O) groups excluding carboxylic acids is 1. The van der Waals surface area contributed by atoms with Crippen LogP contribution >= 0.6 is 0 Å². The first-order chi connectivity index (χ1) is 8.70. The fraction of sp³-hybridized carbons (Fsp3) is 0.562. The van der Waals surface area contributed by atoms with E-state index in [1.165, 1.54) is 12.8 Å². The van der Waals surface area contributed by atoms with E-state index in [-0.39, 0.29) is 11.8 Å². The molecule has 1 aliphatic heterocycles. The molecule has 1 fully saturated rings. The third-order valence-corrected chi connectivity index (χ3v) is 2.88. The highest BCUT2D eigenvalue weighted by Crippen LogP contribution is 2.19. The molecule has 1 saturated heterocycles. The Bertz CT molecular complexity index is 309. The van der Waals surface area contributed by atoms with Gasteiger partial charge in [-0.15, -0.1) is 0 Å². The number of Topliss-reactive ketones (excluding diaryl/α,β-unsaturated/α-hetero) is 1. The Morgan fingerprint density at radius 1 is 1.28 bits per heavy atom. The topological polar surface area (TPSA) is 20.3 Å². The molecule has 0 N–H and O–H groups in total. The number of nitrogens with zero attached hydrogens (tertiary/aromatic N) is 1. The molecule has 102 valence electrons. The van der Waals surface area contributed by atoms with Gasteiger partial charge >= 0.3 is 0 Å². The van der Waals surface area contributed by atoms with Gasteiger partial charge in [-0.1, -0.05) is 44.7 Å². The molecular formula is C16H27NO. The summed E-state index contributed by atoms with van der Waals surface area (Å²) in [6.45, 7) is 13.4. The lowest BCUT2D eigenvalue weighted by Gasteiger charge is -2.26. The van der Waals surface area contributed by atoms with Gasteiger partial charge < -0.3 is 0 Å². The average molecular weight is 249 g/mol. The molecule has 0 spiro atoms. The molecule has 1 heterocycles. The van der Waals surface area contributed by atoms with Crippen molar-refractivity contribution < 1.29 is 4.79 Å². The summed E-state index contributed by atoms with van der Waals surface area (Å²) in [6, 6.07) is -0.0864. The van der Waals surface area contributed by atoms with Crippen LogP contribution in [-0.2, 0) is 4.79 Å². The van der Waals surface area contributed by atoms with Gasteiger partial charge in [0.15, 0.2) is 5.78 Å². The molecule has 0 aliphatic carbocycles. The largest absolute Gasteiger partial charge is 0.298 e. The Morgan fingerprint density at radius 2 is 1.83 bits per heavy atom. The fourth-order valence-corrected chi connectivity index (χ4v) is 2.27. The highest BCUT2D eigenvalue weighted by molar-refractivity contribution is 5.85. The molecule has 18 heavy (non-hydrogen) atoms. The molecule has 0 aromatic heterocycles. The predicted octanol–water partition coefficient (Wildman–Crippen LogP) is 3.75. The summed E-state index contributed by atoms with van der Waals surface area (Å²) < 4.78 is 0. The molecule has 1 rings (SSSR count). The van der Waals surface area contributed by atoms with Crippen LogP contribution in [0.1, 0.15) is 40.5 Å². The molecule has 0 bridgehead atoms. The predicted molar refractivity (Wildman–Crippen MR) is 79.7 cm³/mol. The highest BCUT2D eigenvalue weighted by Gasteiger charge is 2.27. The van der Waals surface area contributed by atoms with Crippen molar-refractivity contribution in [3.05, 3.63) is 36.5 Å². The van der Waals surface area contributed by atoms with E-state index in [1.54, 1.807) is 13.0 Å². The van der Waals surface area contributed by atoms with Crippen LogP contribution in [0.25, 0.3) is 0 Å². The molecule has 1 atom stereocenters. The van der Waals surface area contributed by atoms with Crippen LogP contribution in [0.15, 0.2) is 36.5 Å². The van der Waals surface area contributed by atoms with E-state index in [0.717, 1.165) is 18.7 Å². The van der Waals surface area contributed by atoms with Crippen LogP contribution in [0.5, 0.6) is 0 Å². The van der Waals surface area contributed by atoms with Gasteiger partial charge in [0, 0.05) is 0 Å². The standard InChI is InChI=1S/C14H21NO.C2H6/c1-4-8-13(9-5-2)14(12(3)16)15-10-6-7-11-15;1-2/h4-5,8-9,14H,1,6-7,10-11H2,2-3H3;1-2H3/b9-5-,13-8+;. The van der Waals surface area contributed by atoms with Gasteiger partial charge in [0.1, 0.15) is 0 Å². The monoisotopic (exact) mass is 249 g/mol. The molecule has 0 amide bonds. The summed E-state index contributed by atoms with van der Waals surface area (Å²) >= 11 is 0. The van der Waals surface area contributed by atoms with Crippen LogP contribution in [-0.4, -0.2) is 29.8 Å². The molecule has 2 heteroatoms. The number of ketones is 1. The SMILES string of the molecule is C=C/C=C(\C=C/C)C(C(C)=O)N1CCCC1.CC. The average Bonchev–Trinajstić information content (AvgIpc) is 2.86. The quantitative estimate of drug-likeness (QED) is 0.692. The van der Waals surface area contributed by atoms with E-state index in [2.05, 4.69) is 11.5 Å². The highest BCUT2D eigenvalue weighted by atomic mass is 16.1. The number of rotatable bonds is 5. The lowest BCUT2D eigenvalue weighted by atomic mass is 10.0. The van der Waals surface area contributed by atoms with Gasteiger partial charge in [0.05, 0.1) is 6.04 Å². The minimum absolute atomic E-state index is 0.0864. The van der Waals surface area contributed by atoms with E-state index in [1.807, 2.05) is 39.0 Å².